The molecule has 0 amide bonds. The van der Waals surface area contributed by atoms with Crippen LogP contribution in [-0.4, -0.2) is 20.8 Å². The van der Waals surface area contributed by atoms with Crippen LogP contribution in [0.25, 0.3) is 11.1 Å². The normalized spacial score (nSPS) is 11.8. The van der Waals surface area contributed by atoms with Crippen LogP contribution in [0.2, 0.25) is 0 Å². The minimum Gasteiger partial charge on any atom is -0.496 e. The first-order valence-corrected chi connectivity index (χ1v) is 10.7. The van der Waals surface area contributed by atoms with Crippen molar-refractivity contribution >= 4 is 11.6 Å². The largest absolute Gasteiger partial charge is 0.496 e. The molecule has 29 heavy (non-hydrogen) atoms. The smallest absolute Gasteiger partial charge is 0.130 e. The third kappa shape index (κ3) is 6.52. The van der Waals surface area contributed by atoms with Crippen molar-refractivity contribution in [3.63, 3.8) is 0 Å². The van der Waals surface area contributed by atoms with Crippen molar-refractivity contribution in [3.05, 3.63) is 58.6 Å². The summed E-state index contributed by atoms with van der Waals surface area (Å²) < 4.78 is 17.0. The van der Waals surface area contributed by atoms with Gasteiger partial charge < -0.3 is 14.2 Å². The van der Waals surface area contributed by atoms with Gasteiger partial charge >= 0.3 is 0 Å². The second-order valence-corrected chi connectivity index (χ2v) is 7.68. The molecule has 0 fully saturated rings. The number of allylic oxidation sites excluding steroid dienone is 1. The Morgan fingerprint density at radius 3 is 2.10 bits per heavy atom. The maximum Gasteiger partial charge on any atom is 0.130 e. The zero-order chi connectivity index (χ0) is 21.2. The molecule has 0 bridgehead atoms. The molecule has 0 radical (unpaired) electrons. The summed E-state index contributed by atoms with van der Waals surface area (Å²) in [7, 11) is 3.38. The van der Waals surface area contributed by atoms with Crippen molar-refractivity contribution in [1.29, 1.82) is 0 Å². The molecule has 4 heteroatoms. The van der Waals surface area contributed by atoms with Crippen LogP contribution >= 0.6 is 11.6 Å². The number of aryl methyl sites for hydroxylation is 1. The van der Waals surface area contributed by atoms with Gasteiger partial charge in [-0.25, -0.2) is 0 Å². The van der Waals surface area contributed by atoms with Crippen molar-refractivity contribution in [2.75, 3.05) is 20.8 Å². The highest BCUT2D eigenvalue weighted by atomic mass is 35.5. The molecule has 158 valence electrons. The van der Waals surface area contributed by atoms with Crippen molar-refractivity contribution < 1.29 is 14.2 Å². The standard InChI is InChI=1S/C25H33ClO3/c1-6-13-29-17-20-14-23(27-4)25(24(15-20)28-5)21-10-7-19(8-11-21)9-12-22(16-26)18(2)3/h7-8,10-11,14-16,18H,6,9,12-13,17H2,1-5H3/b22-16+. The Morgan fingerprint density at radius 1 is 1.00 bits per heavy atom. The van der Waals surface area contributed by atoms with Crippen LogP contribution in [-0.2, 0) is 17.8 Å². The van der Waals surface area contributed by atoms with Crippen LogP contribution < -0.4 is 9.47 Å². The second kappa shape index (κ2) is 11.9. The van der Waals surface area contributed by atoms with E-state index in [0.29, 0.717) is 12.5 Å². The van der Waals surface area contributed by atoms with E-state index in [-0.39, 0.29) is 0 Å². The van der Waals surface area contributed by atoms with Crippen LogP contribution in [0.3, 0.4) is 0 Å². The molecular formula is C25H33ClO3. The van der Waals surface area contributed by atoms with E-state index in [1.54, 1.807) is 19.8 Å². The number of ether oxygens (including phenoxy) is 3. The van der Waals surface area contributed by atoms with Gasteiger partial charge in [0.2, 0.25) is 0 Å². The Labute approximate surface area is 180 Å². The lowest BCUT2D eigenvalue weighted by Crippen LogP contribution is -1.99. The molecule has 0 saturated carbocycles. The fourth-order valence-electron chi connectivity index (χ4n) is 3.26. The van der Waals surface area contributed by atoms with Gasteiger partial charge in [0.15, 0.2) is 0 Å². The number of methoxy groups -OCH3 is 2. The number of hydrogen-bond acceptors (Lipinski definition) is 3. The fourth-order valence-corrected chi connectivity index (χ4v) is 3.63. The molecule has 0 aromatic heterocycles. The summed E-state index contributed by atoms with van der Waals surface area (Å²) in [5.74, 6) is 2.05. The van der Waals surface area contributed by atoms with Crippen molar-refractivity contribution in [2.24, 2.45) is 5.92 Å². The first-order chi connectivity index (χ1) is 14.0. The molecule has 0 aliphatic heterocycles. The molecule has 0 aliphatic carbocycles. The summed E-state index contributed by atoms with van der Waals surface area (Å²) >= 11 is 5.95. The lowest BCUT2D eigenvalue weighted by molar-refractivity contribution is 0.121. The predicted octanol–water partition coefficient (Wildman–Crippen LogP) is 7.01. The lowest BCUT2D eigenvalue weighted by Gasteiger charge is -2.16. The fraction of sp³-hybridized carbons (Fsp3) is 0.440. The molecule has 0 N–H and O–H groups in total. The Bertz CT molecular complexity index is 769. The van der Waals surface area contributed by atoms with Gasteiger partial charge in [0.25, 0.3) is 0 Å². The van der Waals surface area contributed by atoms with Crippen LogP contribution in [0.1, 0.15) is 44.7 Å². The minimum absolute atomic E-state index is 0.472. The van der Waals surface area contributed by atoms with Crippen molar-refractivity contribution in [1.82, 2.24) is 0 Å². The summed E-state index contributed by atoms with van der Waals surface area (Å²) in [4.78, 5) is 0. The molecule has 0 spiro atoms. The van der Waals surface area contributed by atoms with Gasteiger partial charge in [-0.15, -0.1) is 0 Å². The Kier molecular flexibility index (Phi) is 9.56. The van der Waals surface area contributed by atoms with E-state index in [9.17, 15) is 0 Å². The van der Waals surface area contributed by atoms with E-state index >= 15 is 0 Å². The maximum absolute atomic E-state index is 5.95. The minimum atomic E-state index is 0.472. The monoisotopic (exact) mass is 416 g/mol. The van der Waals surface area contributed by atoms with Gasteiger partial charge in [-0.1, -0.05) is 62.2 Å². The summed E-state index contributed by atoms with van der Waals surface area (Å²) in [5, 5.41) is 0. The number of halogens is 1. The third-order valence-corrected chi connectivity index (χ3v) is 5.29. The van der Waals surface area contributed by atoms with E-state index in [1.807, 2.05) is 12.1 Å². The highest BCUT2D eigenvalue weighted by Gasteiger charge is 2.15. The molecule has 0 unspecified atom stereocenters. The molecule has 2 aromatic carbocycles. The van der Waals surface area contributed by atoms with E-state index in [0.717, 1.165) is 54.1 Å². The van der Waals surface area contributed by atoms with Crippen LogP contribution in [0, 0.1) is 5.92 Å². The van der Waals surface area contributed by atoms with Crippen LogP contribution in [0.4, 0.5) is 0 Å². The van der Waals surface area contributed by atoms with E-state index in [1.165, 1.54) is 11.1 Å². The Balaban J connectivity index is 2.24. The summed E-state index contributed by atoms with van der Waals surface area (Å²) in [6.07, 6.45) is 2.94. The third-order valence-electron chi connectivity index (χ3n) is 5.01. The van der Waals surface area contributed by atoms with E-state index in [2.05, 4.69) is 45.0 Å². The number of hydrogen-bond donors (Lipinski definition) is 0. The first-order valence-electron chi connectivity index (χ1n) is 10.2. The molecule has 0 aliphatic rings. The quantitative estimate of drug-likeness (QED) is 0.369. The summed E-state index contributed by atoms with van der Waals surface area (Å²) in [5.41, 5.74) is 7.36. The molecule has 0 heterocycles. The predicted molar refractivity (Wildman–Crippen MR) is 122 cm³/mol. The van der Waals surface area contributed by atoms with Crippen molar-refractivity contribution in [3.8, 4) is 22.6 Å². The topological polar surface area (TPSA) is 27.7 Å². The van der Waals surface area contributed by atoms with E-state index < -0.39 is 0 Å². The lowest BCUT2D eigenvalue weighted by atomic mass is 9.95. The maximum atomic E-state index is 5.95. The van der Waals surface area contributed by atoms with Gasteiger partial charge in [0, 0.05) is 12.1 Å². The molecule has 0 atom stereocenters. The van der Waals surface area contributed by atoms with E-state index in [4.69, 9.17) is 25.8 Å². The van der Waals surface area contributed by atoms with Crippen LogP contribution in [0.15, 0.2) is 47.5 Å². The molecular weight excluding hydrogens is 384 g/mol. The summed E-state index contributed by atoms with van der Waals surface area (Å²) in [6.45, 7) is 7.74. The highest BCUT2D eigenvalue weighted by molar-refractivity contribution is 6.25. The molecule has 0 saturated heterocycles. The Hall–Kier alpha value is -1.97. The average Bonchev–Trinajstić information content (AvgIpc) is 2.74. The van der Waals surface area contributed by atoms with Gasteiger partial charge in [0.1, 0.15) is 11.5 Å². The van der Waals surface area contributed by atoms with Gasteiger partial charge in [-0.3, -0.25) is 0 Å². The zero-order valence-corrected chi connectivity index (χ0v) is 19.0. The zero-order valence-electron chi connectivity index (χ0n) is 18.3. The SMILES string of the molecule is CCCOCc1cc(OC)c(-c2ccc(CC/C(=C\Cl)C(C)C)cc2)c(OC)c1. The second-order valence-electron chi connectivity index (χ2n) is 7.46. The number of benzene rings is 2. The Morgan fingerprint density at radius 2 is 1.62 bits per heavy atom. The molecule has 2 rings (SSSR count). The highest BCUT2D eigenvalue weighted by Crippen LogP contribution is 2.40. The van der Waals surface area contributed by atoms with Gasteiger partial charge in [-0.05, 0) is 54.0 Å². The van der Waals surface area contributed by atoms with Crippen molar-refractivity contribution in [2.45, 2.75) is 46.6 Å². The molecule has 2 aromatic rings. The first kappa shape index (κ1) is 23.3. The summed E-state index contributed by atoms with van der Waals surface area (Å²) in [6, 6.07) is 12.6. The average molecular weight is 417 g/mol. The van der Waals surface area contributed by atoms with Gasteiger partial charge in [0.05, 0.1) is 26.4 Å². The molecule has 3 nitrogen and oxygen atoms in total. The number of rotatable bonds is 11. The van der Waals surface area contributed by atoms with Gasteiger partial charge in [-0.2, -0.15) is 0 Å². The van der Waals surface area contributed by atoms with Crippen LogP contribution in [0.5, 0.6) is 11.5 Å².